The first-order valence-corrected chi connectivity index (χ1v) is 11.6. The lowest BCUT2D eigenvalue weighted by Crippen LogP contribution is -2.48. The van der Waals surface area contributed by atoms with Crippen molar-refractivity contribution in [3.8, 4) is 0 Å². The van der Waals surface area contributed by atoms with Crippen LogP contribution in [-0.2, 0) is 16.6 Å². The third-order valence-electron chi connectivity index (χ3n) is 5.43. The second-order valence-electron chi connectivity index (χ2n) is 7.59. The van der Waals surface area contributed by atoms with E-state index >= 15 is 0 Å². The highest BCUT2D eigenvalue weighted by Crippen LogP contribution is 2.32. The van der Waals surface area contributed by atoms with Crippen LogP contribution < -0.4 is 10.5 Å². The smallest absolute Gasteiger partial charge is 0.238 e. The zero-order valence-corrected chi connectivity index (χ0v) is 20.6. The molecule has 0 aliphatic carbocycles. The second kappa shape index (κ2) is 11.1. The molecule has 1 aliphatic rings. The first-order chi connectivity index (χ1) is 13.9. The number of nitrogens with one attached hydrogen (secondary N) is 1. The van der Waals surface area contributed by atoms with Crippen LogP contribution in [0.25, 0.3) is 0 Å². The maximum atomic E-state index is 11.4. The van der Waals surface area contributed by atoms with Crippen LogP contribution in [0, 0.1) is 5.92 Å². The number of piperidine rings is 1. The molecule has 0 bridgehead atoms. The van der Waals surface area contributed by atoms with Crippen molar-refractivity contribution in [1.82, 2.24) is 10.2 Å². The SMILES string of the molecule is CCNC(=NCc1ccc(S(N)(=O)=O)cc1)N1CCC(c2ccccc2)C(C)C1.I. The molecule has 1 saturated heterocycles. The van der Waals surface area contributed by atoms with E-state index in [-0.39, 0.29) is 28.9 Å². The summed E-state index contributed by atoms with van der Waals surface area (Å²) in [6.07, 6.45) is 1.10. The largest absolute Gasteiger partial charge is 0.357 e. The predicted octanol–water partition coefficient (Wildman–Crippen LogP) is 3.54. The molecule has 3 rings (SSSR count). The average Bonchev–Trinajstić information content (AvgIpc) is 2.71. The topological polar surface area (TPSA) is 87.8 Å². The number of rotatable bonds is 5. The molecule has 1 aliphatic heterocycles. The minimum absolute atomic E-state index is 0. The third-order valence-corrected chi connectivity index (χ3v) is 6.36. The molecule has 0 spiro atoms. The number of halogens is 1. The molecule has 0 amide bonds. The number of benzene rings is 2. The molecule has 30 heavy (non-hydrogen) atoms. The Morgan fingerprint density at radius 1 is 1.17 bits per heavy atom. The first-order valence-electron chi connectivity index (χ1n) is 10.1. The lowest BCUT2D eigenvalue weighted by atomic mass is 9.82. The maximum Gasteiger partial charge on any atom is 0.238 e. The third kappa shape index (κ3) is 6.42. The molecule has 0 saturated carbocycles. The van der Waals surface area contributed by atoms with Gasteiger partial charge < -0.3 is 10.2 Å². The molecule has 0 radical (unpaired) electrons. The van der Waals surface area contributed by atoms with Crippen molar-refractivity contribution in [3.63, 3.8) is 0 Å². The molecule has 2 aromatic carbocycles. The standard InChI is InChI=1S/C22H30N4O2S.HI/c1-3-24-22(25-15-18-9-11-20(12-10-18)29(23,27)28)26-14-13-21(17(2)16-26)19-7-5-4-6-8-19;/h4-12,17,21H,3,13-16H2,1-2H3,(H,24,25)(H2,23,27,28);1H. The number of aliphatic imine (C=N–C) groups is 1. The van der Waals surface area contributed by atoms with Gasteiger partial charge in [0, 0.05) is 19.6 Å². The van der Waals surface area contributed by atoms with E-state index in [1.165, 1.54) is 17.7 Å². The molecule has 164 valence electrons. The number of likely N-dealkylation sites (tertiary alicyclic amines) is 1. The van der Waals surface area contributed by atoms with Crippen molar-refractivity contribution >= 4 is 40.0 Å². The van der Waals surface area contributed by atoms with E-state index in [1.54, 1.807) is 12.1 Å². The summed E-state index contributed by atoms with van der Waals surface area (Å²) in [7, 11) is -3.67. The average molecular weight is 542 g/mol. The number of nitrogens with two attached hydrogens (primary N) is 1. The molecule has 1 heterocycles. The van der Waals surface area contributed by atoms with Gasteiger partial charge in [-0.05, 0) is 48.4 Å². The first kappa shape index (κ1) is 24.6. The molecule has 8 heteroatoms. The summed E-state index contributed by atoms with van der Waals surface area (Å²) in [6, 6.07) is 17.3. The van der Waals surface area contributed by atoms with Gasteiger partial charge in [0.1, 0.15) is 0 Å². The molecule has 2 unspecified atom stereocenters. The maximum absolute atomic E-state index is 11.4. The number of sulfonamides is 1. The van der Waals surface area contributed by atoms with E-state index in [4.69, 9.17) is 10.1 Å². The monoisotopic (exact) mass is 542 g/mol. The van der Waals surface area contributed by atoms with E-state index in [0.29, 0.717) is 18.4 Å². The minimum atomic E-state index is -3.67. The van der Waals surface area contributed by atoms with Crippen LogP contribution in [0.5, 0.6) is 0 Å². The fraction of sp³-hybridized carbons (Fsp3) is 0.409. The second-order valence-corrected chi connectivity index (χ2v) is 9.15. The lowest BCUT2D eigenvalue weighted by Gasteiger charge is -2.39. The number of primary sulfonamides is 1. The van der Waals surface area contributed by atoms with E-state index in [1.807, 2.05) is 0 Å². The molecule has 3 N–H and O–H groups in total. The Hall–Kier alpha value is -1.65. The van der Waals surface area contributed by atoms with Crippen molar-refractivity contribution in [3.05, 3.63) is 65.7 Å². The van der Waals surface area contributed by atoms with Crippen LogP contribution >= 0.6 is 24.0 Å². The van der Waals surface area contributed by atoms with Gasteiger partial charge in [-0.25, -0.2) is 18.5 Å². The Morgan fingerprint density at radius 3 is 2.40 bits per heavy atom. The Labute approximate surface area is 197 Å². The highest BCUT2D eigenvalue weighted by Gasteiger charge is 2.28. The molecule has 2 aromatic rings. The fourth-order valence-corrected chi connectivity index (χ4v) is 4.43. The summed E-state index contributed by atoms with van der Waals surface area (Å²) in [5.41, 5.74) is 2.36. The minimum Gasteiger partial charge on any atom is -0.357 e. The zero-order valence-electron chi connectivity index (χ0n) is 17.5. The van der Waals surface area contributed by atoms with Gasteiger partial charge in [0.25, 0.3) is 0 Å². The van der Waals surface area contributed by atoms with E-state index in [0.717, 1.165) is 37.6 Å². The summed E-state index contributed by atoms with van der Waals surface area (Å²) in [4.78, 5) is 7.23. The quantitative estimate of drug-likeness (QED) is 0.344. The van der Waals surface area contributed by atoms with Gasteiger partial charge >= 0.3 is 0 Å². The fourth-order valence-electron chi connectivity index (χ4n) is 3.91. The van der Waals surface area contributed by atoms with Crippen LogP contribution in [0.4, 0.5) is 0 Å². The highest BCUT2D eigenvalue weighted by molar-refractivity contribution is 14.0. The van der Waals surface area contributed by atoms with Crippen LogP contribution in [-0.4, -0.2) is 38.9 Å². The summed E-state index contributed by atoms with van der Waals surface area (Å²) in [6.45, 7) is 7.57. The Balaban J connectivity index is 0.00000320. The van der Waals surface area contributed by atoms with Gasteiger partial charge in [0.2, 0.25) is 10.0 Å². The van der Waals surface area contributed by atoms with E-state index in [9.17, 15) is 8.42 Å². The van der Waals surface area contributed by atoms with Crippen LogP contribution in [0.2, 0.25) is 0 Å². The van der Waals surface area contributed by atoms with E-state index < -0.39 is 10.0 Å². The Bertz CT molecular complexity index is 933. The number of guanidine groups is 1. The van der Waals surface area contributed by atoms with Gasteiger partial charge in [-0.2, -0.15) is 0 Å². The molecule has 6 nitrogen and oxygen atoms in total. The normalized spacial score (nSPS) is 19.8. The summed E-state index contributed by atoms with van der Waals surface area (Å²) < 4.78 is 22.8. The summed E-state index contributed by atoms with van der Waals surface area (Å²) in [5.74, 6) is 2.01. The number of hydrogen-bond donors (Lipinski definition) is 2. The Morgan fingerprint density at radius 2 is 1.83 bits per heavy atom. The summed E-state index contributed by atoms with van der Waals surface area (Å²) in [5, 5.41) is 8.55. The molecule has 1 fully saturated rings. The molecule has 0 aromatic heterocycles. The van der Waals surface area contributed by atoms with Crippen molar-refractivity contribution < 1.29 is 8.42 Å². The molecular weight excluding hydrogens is 511 g/mol. The Kier molecular flexibility index (Phi) is 9.11. The molecule has 2 atom stereocenters. The van der Waals surface area contributed by atoms with Gasteiger partial charge in [-0.3, -0.25) is 0 Å². The number of hydrogen-bond acceptors (Lipinski definition) is 3. The highest BCUT2D eigenvalue weighted by atomic mass is 127. The summed E-state index contributed by atoms with van der Waals surface area (Å²) >= 11 is 0. The zero-order chi connectivity index (χ0) is 20.9. The lowest BCUT2D eigenvalue weighted by molar-refractivity contribution is 0.234. The van der Waals surface area contributed by atoms with Gasteiger partial charge in [-0.15, -0.1) is 24.0 Å². The van der Waals surface area contributed by atoms with Gasteiger partial charge in [0.05, 0.1) is 11.4 Å². The van der Waals surface area contributed by atoms with Crippen LogP contribution in [0.15, 0.2) is 64.5 Å². The van der Waals surface area contributed by atoms with Crippen molar-refractivity contribution in [1.29, 1.82) is 0 Å². The van der Waals surface area contributed by atoms with Crippen molar-refractivity contribution in [2.45, 2.75) is 37.6 Å². The van der Waals surface area contributed by atoms with Crippen LogP contribution in [0.1, 0.15) is 37.3 Å². The van der Waals surface area contributed by atoms with Crippen LogP contribution in [0.3, 0.4) is 0 Å². The van der Waals surface area contributed by atoms with Crippen molar-refractivity contribution in [2.75, 3.05) is 19.6 Å². The van der Waals surface area contributed by atoms with Crippen molar-refractivity contribution in [2.24, 2.45) is 16.0 Å². The van der Waals surface area contributed by atoms with E-state index in [2.05, 4.69) is 54.4 Å². The van der Waals surface area contributed by atoms with Gasteiger partial charge in [0.15, 0.2) is 5.96 Å². The van der Waals surface area contributed by atoms with Gasteiger partial charge in [-0.1, -0.05) is 49.4 Å². The molecular formula is C22H31IN4O2S. The predicted molar refractivity (Wildman–Crippen MR) is 133 cm³/mol. The number of nitrogens with zero attached hydrogens (tertiary/aromatic N) is 2.